The maximum Gasteiger partial charge on any atom is 0.340 e. The number of esters is 1. The third-order valence-electron chi connectivity index (χ3n) is 1.78. The highest BCUT2D eigenvalue weighted by atomic mass is 16.6. The highest BCUT2D eigenvalue weighted by Gasteiger charge is 2.12. The molecular formula is C9H10O5. The summed E-state index contributed by atoms with van der Waals surface area (Å²) in [7, 11) is 0. The molecule has 0 fully saturated rings. The Morgan fingerprint density at radius 1 is 1.36 bits per heavy atom. The van der Waals surface area contributed by atoms with Gasteiger partial charge in [-0.2, -0.15) is 0 Å². The number of aliphatic hydroxyl groups excluding tert-OH is 1. The summed E-state index contributed by atoms with van der Waals surface area (Å²) in [5.41, 5.74) is 0.269. The zero-order valence-electron chi connectivity index (χ0n) is 7.52. The third-order valence-corrected chi connectivity index (χ3v) is 1.78. The number of phenolic OH excluding ortho intramolecular Hbond substituents is 2. The number of hydrogen-bond acceptors (Lipinski definition) is 5. The summed E-state index contributed by atoms with van der Waals surface area (Å²) < 4.78 is 4.27. The lowest BCUT2D eigenvalue weighted by Gasteiger charge is -2.05. The lowest BCUT2D eigenvalue weighted by Crippen LogP contribution is -2.05. The first-order valence-electron chi connectivity index (χ1n) is 3.87. The van der Waals surface area contributed by atoms with Crippen LogP contribution in [-0.2, 0) is 4.74 Å². The van der Waals surface area contributed by atoms with Gasteiger partial charge in [0.2, 0.25) is 0 Å². The molecule has 0 saturated heterocycles. The van der Waals surface area contributed by atoms with E-state index in [0.717, 1.165) is 12.1 Å². The standard InChI is InChI=1S/C9H10O5/c1-5-7(11)2-6(3-8(5)12)9(13)14-4-10/h2-3,10-12H,4H2,1H3. The van der Waals surface area contributed by atoms with Crippen molar-refractivity contribution in [1.29, 1.82) is 0 Å². The summed E-state index contributed by atoms with van der Waals surface area (Å²) in [6.45, 7) is 0.764. The molecule has 76 valence electrons. The first-order chi connectivity index (χ1) is 6.56. The number of aromatic hydroxyl groups is 2. The van der Waals surface area contributed by atoms with Gasteiger partial charge >= 0.3 is 5.97 Å². The highest BCUT2D eigenvalue weighted by molar-refractivity contribution is 5.90. The fourth-order valence-corrected chi connectivity index (χ4v) is 0.944. The maximum atomic E-state index is 11.1. The molecule has 0 heterocycles. The number of carbonyl (C=O) groups is 1. The predicted octanol–water partition coefficient (Wildman–Crippen LogP) is 0.513. The van der Waals surface area contributed by atoms with Crippen LogP contribution in [0.1, 0.15) is 15.9 Å². The average molecular weight is 198 g/mol. The molecule has 0 unspecified atom stereocenters. The molecule has 0 bridgehead atoms. The van der Waals surface area contributed by atoms with Crippen LogP contribution in [0.5, 0.6) is 11.5 Å². The van der Waals surface area contributed by atoms with Gasteiger partial charge in [-0.3, -0.25) is 0 Å². The number of ether oxygens (including phenoxy) is 1. The SMILES string of the molecule is Cc1c(O)cc(C(=O)OCO)cc1O. The van der Waals surface area contributed by atoms with Gasteiger partial charge in [0, 0.05) is 5.56 Å². The molecule has 0 radical (unpaired) electrons. The minimum atomic E-state index is -0.807. The average Bonchev–Trinajstić information content (AvgIpc) is 2.13. The smallest absolute Gasteiger partial charge is 0.340 e. The van der Waals surface area contributed by atoms with Gasteiger partial charge in [-0.05, 0) is 19.1 Å². The summed E-state index contributed by atoms with van der Waals surface area (Å²) >= 11 is 0. The molecule has 0 aliphatic carbocycles. The molecule has 0 spiro atoms. The van der Waals surface area contributed by atoms with Crippen molar-refractivity contribution in [2.75, 3.05) is 6.79 Å². The van der Waals surface area contributed by atoms with Gasteiger partial charge in [0.05, 0.1) is 5.56 Å². The van der Waals surface area contributed by atoms with Gasteiger partial charge in [0.25, 0.3) is 0 Å². The minimum absolute atomic E-state index is 0.0142. The van der Waals surface area contributed by atoms with Crippen LogP contribution in [0.15, 0.2) is 12.1 Å². The Morgan fingerprint density at radius 2 is 1.86 bits per heavy atom. The quantitative estimate of drug-likeness (QED) is 0.476. The molecule has 1 rings (SSSR count). The van der Waals surface area contributed by atoms with E-state index in [4.69, 9.17) is 5.11 Å². The molecule has 0 amide bonds. The summed E-state index contributed by atoms with van der Waals surface area (Å²) in [6.07, 6.45) is 0. The second-order valence-corrected chi connectivity index (χ2v) is 2.70. The van der Waals surface area contributed by atoms with Gasteiger partial charge in [0.15, 0.2) is 6.79 Å². The second-order valence-electron chi connectivity index (χ2n) is 2.70. The monoisotopic (exact) mass is 198 g/mol. The Bertz CT molecular complexity index is 335. The van der Waals surface area contributed by atoms with Crippen molar-refractivity contribution < 1.29 is 24.9 Å². The van der Waals surface area contributed by atoms with Gasteiger partial charge < -0.3 is 20.1 Å². The van der Waals surface area contributed by atoms with E-state index in [1.807, 2.05) is 0 Å². The number of rotatable bonds is 2. The molecule has 0 aromatic heterocycles. The van der Waals surface area contributed by atoms with Crippen molar-refractivity contribution in [3.05, 3.63) is 23.3 Å². The summed E-state index contributed by atoms with van der Waals surface area (Å²) in [5.74, 6) is -1.21. The molecule has 0 saturated carbocycles. The Hall–Kier alpha value is -1.75. The Morgan fingerprint density at radius 3 is 2.29 bits per heavy atom. The molecule has 14 heavy (non-hydrogen) atoms. The molecule has 0 aliphatic rings. The largest absolute Gasteiger partial charge is 0.508 e. The molecule has 0 aliphatic heterocycles. The summed E-state index contributed by atoms with van der Waals surface area (Å²) in [5, 5.41) is 26.9. The topological polar surface area (TPSA) is 87.0 Å². The third kappa shape index (κ3) is 1.94. The van der Waals surface area contributed by atoms with E-state index in [0.29, 0.717) is 0 Å². The van der Waals surface area contributed by atoms with Crippen LogP contribution < -0.4 is 0 Å². The van der Waals surface area contributed by atoms with E-state index in [-0.39, 0.29) is 22.6 Å². The summed E-state index contributed by atoms with van der Waals surface area (Å²) in [6, 6.07) is 2.32. The fraction of sp³-hybridized carbons (Fsp3) is 0.222. The fourth-order valence-electron chi connectivity index (χ4n) is 0.944. The summed E-state index contributed by atoms with van der Waals surface area (Å²) in [4.78, 5) is 11.1. The van der Waals surface area contributed by atoms with Crippen LogP contribution in [0.3, 0.4) is 0 Å². The van der Waals surface area contributed by atoms with Gasteiger partial charge in [-0.15, -0.1) is 0 Å². The van der Waals surface area contributed by atoms with Crippen LogP contribution in [-0.4, -0.2) is 28.1 Å². The molecule has 1 aromatic carbocycles. The van der Waals surface area contributed by atoms with Gasteiger partial charge in [-0.25, -0.2) is 4.79 Å². The van der Waals surface area contributed by atoms with Crippen LogP contribution in [0.2, 0.25) is 0 Å². The van der Waals surface area contributed by atoms with Crippen molar-refractivity contribution in [1.82, 2.24) is 0 Å². The molecule has 1 aromatic rings. The van der Waals surface area contributed by atoms with E-state index in [1.165, 1.54) is 6.92 Å². The first kappa shape index (κ1) is 10.3. The van der Waals surface area contributed by atoms with Crippen LogP contribution in [0, 0.1) is 6.92 Å². The second kappa shape index (κ2) is 3.97. The molecular weight excluding hydrogens is 188 g/mol. The normalized spacial score (nSPS) is 9.86. The van der Waals surface area contributed by atoms with Crippen molar-refractivity contribution in [3.8, 4) is 11.5 Å². The van der Waals surface area contributed by atoms with E-state index < -0.39 is 12.8 Å². The molecule has 5 heteroatoms. The van der Waals surface area contributed by atoms with Crippen molar-refractivity contribution in [2.45, 2.75) is 6.92 Å². The van der Waals surface area contributed by atoms with Crippen LogP contribution in [0.4, 0.5) is 0 Å². The lowest BCUT2D eigenvalue weighted by atomic mass is 10.1. The number of phenols is 2. The van der Waals surface area contributed by atoms with Crippen LogP contribution in [0.25, 0.3) is 0 Å². The minimum Gasteiger partial charge on any atom is -0.508 e. The van der Waals surface area contributed by atoms with E-state index >= 15 is 0 Å². The Labute approximate surface area is 80.2 Å². The number of aliphatic hydroxyl groups is 1. The van der Waals surface area contributed by atoms with Gasteiger partial charge in [0.1, 0.15) is 11.5 Å². The van der Waals surface area contributed by atoms with Crippen molar-refractivity contribution in [2.24, 2.45) is 0 Å². The molecule has 3 N–H and O–H groups in total. The number of hydrogen-bond donors (Lipinski definition) is 3. The maximum absolute atomic E-state index is 11.1. The van der Waals surface area contributed by atoms with E-state index in [1.54, 1.807) is 0 Å². The zero-order valence-corrected chi connectivity index (χ0v) is 7.52. The predicted molar refractivity (Wildman–Crippen MR) is 47.0 cm³/mol. The van der Waals surface area contributed by atoms with Crippen molar-refractivity contribution in [3.63, 3.8) is 0 Å². The van der Waals surface area contributed by atoms with E-state index in [9.17, 15) is 15.0 Å². The highest BCUT2D eigenvalue weighted by Crippen LogP contribution is 2.27. The lowest BCUT2D eigenvalue weighted by molar-refractivity contribution is 0.00676. The number of carbonyl (C=O) groups excluding carboxylic acids is 1. The number of benzene rings is 1. The van der Waals surface area contributed by atoms with Gasteiger partial charge in [-0.1, -0.05) is 0 Å². The molecule has 5 nitrogen and oxygen atoms in total. The van der Waals surface area contributed by atoms with E-state index in [2.05, 4.69) is 4.74 Å². The van der Waals surface area contributed by atoms with Crippen LogP contribution >= 0.6 is 0 Å². The molecule has 0 atom stereocenters. The zero-order chi connectivity index (χ0) is 10.7. The van der Waals surface area contributed by atoms with Crippen molar-refractivity contribution >= 4 is 5.97 Å². The Kier molecular flexibility index (Phi) is 2.93. The Balaban J connectivity index is 3.06. The first-order valence-corrected chi connectivity index (χ1v) is 3.87.